The van der Waals surface area contributed by atoms with Crippen molar-refractivity contribution in [2.24, 2.45) is 40.4 Å². The maximum Gasteiger partial charge on any atom is 0.303 e. The SMILES string of the molecule is CC(=O)O[C@]1(C(C)=O)CC[C@H]2[C@@H]3C=C(I)C4=CC(=O)[C@@H]5C[C@@H]5[C@]4(C)[C@H]3CC[C@@]21C. The molecule has 5 rings (SSSR count). The van der Waals surface area contributed by atoms with Gasteiger partial charge < -0.3 is 4.74 Å². The minimum absolute atomic E-state index is 0.0112. The minimum atomic E-state index is -0.991. The highest BCUT2D eigenvalue weighted by molar-refractivity contribution is 14.1. The van der Waals surface area contributed by atoms with Gasteiger partial charge >= 0.3 is 5.97 Å². The molecule has 5 aliphatic rings. The molecule has 0 spiro atoms. The van der Waals surface area contributed by atoms with Crippen LogP contribution in [0.15, 0.2) is 21.3 Å². The maximum absolute atomic E-state index is 12.8. The molecule has 4 nitrogen and oxygen atoms in total. The molecule has 0 bridgehead atoms. The lowest BCUT2D eigenvalue weighted by molar-refractivity contribution is -0.185. The number of carbonyl (C=O) groups excluding carboxylic acids is 3. The predicted molar refractivity (Wildman–Crippen MR) is 117 cm³/mol. The van der Waals surface area contributed by atoms with Crippen molar-refractivity contribution in [2.75, 3.05) is 0 Å². The van der Waals surface area contributed by atoms with Gasteiger partial charge in [0.2, 0.25) is 0 Å². The summed E-state index contributed by atoms with van der Waals surface area (Å²) in [5, 5.41) is 0. The van der Waals surface area contributed by atoms with Crippen LogP contribution in [0.3, 0.4) is 0 Å². The number of rotatable bonds is 2. The average Bonchev–Trinajstić information content (AvgIpc) is 3.39. The molecular weight excluding hydrogens is 479 g/mol. The molecule has 8 atom stereocenters. The number of hydrogen-bond donors (Lipinski definition) is 0. The lowest BCUT2D eigenvalue weighted by atomic mass is 9.47. The first-order valence-corrected chi connectivity index (χ1v) is 12.0. The Kier molecular flexibility index (Phi) is 4.16. The zero-order valence-corrected chi connectivity index (χ0v) is 19.7. The van der Waals surface area contributed by atoms with Crippen molar-refractivity contribution in [1.82, 2.24) is 0 Å². The fraction of sp³-hybridized carbons (Fsp3) is 0.708. The molecule has 0 unspecified atom stereocenters. The molecule has 0 radical (unpaired) electrons. The molecule has 3 saturated carbocycles. The third kappa shape index (κ3) is 2.34. The Morgan fingerprint density at radius 2 is 1.79 bits per heavy atom. The van der Waals surface area contributed by atoms with Crippen LogP contribution < -0.4 is 0 Å². The van der Waals surface area contributed by atoms with Crippen LogP contribution in [0, 0.1) is 40.4 Å². The second kappa shape index (κ2) is 6.04. The Morgan fingerprint density at radius 3 is 2.45 bits per heavy atom. The zero-order chi connectivity index (χ0) is 20.9. The van der Waals surface area contributed by atoms with Gasteiger partial charge in [0.15, 0.2) is 17.2 Å². The number of ether oxygens (including phenoxy) is 1. The lowest BCUT2D eigenvalue weighted by Gasteiger charge is -2.58. The highest BCUT2D eigenvalue weighted by Crippen LogP contribution is 2.72. The number of fused-ring (bicyclic) bond motifs is 7. The van der Waals surface area contributed by atoms with Crippen molar-refractivity contribution in [1.29, 1.82) is 0 Å². The Bertz CT molecular complexity index is 903. The van der Waals surface area contributed by atoms with E-state index < -0.39 is 5.60 Å². The van der Waals surface area contributed by atoms with E-state index in [1.54, 1.807) is 6.92 Å². The van der Waals surface area contributed by atoms with Gasteiger partial charge in [-0.15, -0.1) is 0 Å². The van der Waals surface area contributed by atoms with E-state index in [0.717, 1.165) is 25.7 Å². The summed E-state index contributed by atoms with van der Waals surface area (Å²) in [5.74, 6) is 1.82. The summed E-state index contributed by atoms with van der Waals surface area (Å²) in [6, 6.07) is 0. The van der Waals surface area contributed by atoms with E-state index in [2.05, 4.69) is 42.5 Å². The minimum Gasteiger partial charge on any atom is -0.451 e. The van der Waals surface area contributed by atoms with Crippen molar-refractivity contribution in [3.8, 4) is 0 Å². The molecular formula is C24H29IO4. The molecule has 0 aromatic carbocycles. The zero-order valence-electron chi connectivity index (χ0n) is 17.6. The lowest BCUT2D eigenvalue weighted by Crippen LogP contribution is -2.58. The molecule has 0 aliphatic heterocycles. The van der Waals surface area contributed by atoms with E-state index in [9.17, 15) is 14.4 Å². The number of carbonyl (C=O) groups is 3. The standard InChI is InChI=1S/C24H29IO4/c1-12(26)24(29-13(2)27)8-6-16-14-10-20(25)19-11-21(28)15-9-18(15)23(19,4)17(14)5-7-22(16,24)3/h10-11,14-18H,5-9H2,1-4H3/t14-,15+,16-,17-,18-,22-,23-,24-/m0/s1. The number of ketones is 2. The van der Waals surface area contributed by atoms with Crippen LogP contribution >= 0.6 is 22.6 Å². The molecule has 0 N–H and O–H groups in total. The average molecular weight is 508 g/mol. The van der Waals surface area contributed by atoms with E-state index in [4.69, 9.17) is 4.74 Å². The van der Waals surface area contributed by atoms with Gasteiger partial charge in [-0.1, -0.05) is 19.9 Å². The highest BCUT2D eigenvalue weighted by atomic mass is 127. The van der Waals surface area contributed by atoms with Crippen LogP contribution in [0.25, 0.3) is 0 Å². The molecule has 5 heteroatoms. The maximum atomic E-state index is 12.8. The van der Waals surface area contributed by atoms with Crippen LogP contribution in [0.2, 0.25) is 0 Å². The highest BCUT2D eigenvalue weighted by Gasteiger charge is 2.70. The molecule has 5 aliphatic carbocycles. The van der Waals surface area contributed by atoms with Crippen LogP contribution in [0.4, 0.5) is 0 Å². The quantitative estimate of drug-likeness (QED) is 0.397. The molecule has 0 saturated heterocycles. The van der Waals surface area contributed by atoms with E-state index in [1.165, 1.54) is 16.1 Å². The van der Waals surface area contributed by atoms with Gasteiger partial charge in [0.05, 0.1) is 0 Å². The first-order valence-electron chi connectivity index (χ1n) is 10.9. The Balaban J connectivity index is 1.60. The van der Waals surface area contributed by atoms with Crippen LogP contribution in [-0.2, 0) is 19.1 Å². The van der Waals surface area contributed by atoms with E-state index in [0.29, 0.717) is 35.9 Å². The van der Waals surface area contributed by atoms with Gasteiger partial charge in [0.25, 0.3) is 0 Å². The second-order valence-electron chi connectivity index (χ2n) is 10.5. The number of hydrogen-bond acceptors (Lipinski definition) is 4. The summed E-state index contributed by atoms with van der Waals surface area (Å²) < 4.78 is 7.06. The molecule has 29 heavy (non-hydrogen) atoms. The topological polar surface area (TPSA) is 60.4 Å². The summed E-state index contributed by atoms with van der Waals surface area (Å²) in [6.07, 6.45) is 8.78. The predicted octanol–water partition coefficient (Wildman–Crippen LogP) is 4.80. The number of halogens is 1. The number of allylic oxidation sites excluding steroid dienone is 4. The van der Waals surface area contributed by atoms with Gasteiger partial charge in [-0.3, -0.25) is 14.4 Å². The van der Waals surface area contributed by atoms with Crippen LogP contribution in [-0.4, -0.2) is 23.1 Å². The van der Waals surface area contributed by atoms with E-state index in [1.807, 2.05) is 6.08 Å². The first kappa shape index (κ1) is 20.0. The molecule has 0 aromatic heterocycles. The fourth-order valence-corrected chi connectivity index (χ4v) is 9.18. The molecule has 3 fully saturated rings. The van der Waals surface area contributed by atoms with Gasteiger partial charge in [-0.2, -0.15) is 0 Å². The molecule has 0 heterocycles. The number of Topliss-reactive ketones (excluding diaryl/α,β-unsaturated/α-hetero) is 1. The molecule has 156 valence electrons. The summed E-state index contributed by atoms with van der Waals surface area (Å²) in [4.78, 5) is 37.2. The third-order valence-electron chi connectivity index (χ3n) is 9.50. The van der Waals surface area contributed by atoms with Gasteiger partial charge in [-0.25, -0.2) is 0 Å². The van der Waals surface area contributed by atoms with Crippen molar-refractivity contribution < 1.29 is 19.1 Å². The Labute approximate surface area is 186 Å². The number of esters is 1. The summed E-state index contributed by atoms with van der Waals surface area (Å²) in [6.45, 7) is 7.58. The molecule has 0 aromatic rings. The van der Waals surface area contributed by atoms with E-state index in [-0.39, 0.29) is 28.5 Å². The monoisotopic (exact) mass is 508 g/mol. The van der Waals surface area contributed by atoms with Crippen molar-refractivity contribution in [3.05, 3.63) is 21.3 Å². The first-order chi connectivity index (χ1) is 13.6. The third-order valence-corrected chi connectivity index (χ3v) is 10.4. The van der Waals surface area contributed by atoms with Crippen molar-refractivity contribution in [3.63, 3.8) is 0 Å². The summed E-state index contributed by atoms with van der Waals surface area (Å²) in [5.41, 5.74) is -0.0133. The van der Waals surface area contributed by atoms with E-state index >= 15 is 0 Å². The van der Waals surface area contributed by atoms with Crippen molar-refractivity contribution in [2.45, 2.75) is 65.4 Å². The largest absolute Gasteiger partial charge is 0.451 e. The summed E-state index contributed by atoms with van der Waals surface area (Å²) >= 11 is 2.42. The van der Waals surface area contributed by atoms with Crippen LogP contribution in [0.1, 0.15) is 59.8 Å². The van der Waals surface area contributed by atoms with Gasteiger partial charge in [-0.05, 0) is 96.9 Å². The second-order valence-corrected chi connectivity index (χ2v) is 11.6. The Hall–Kier alpha value is -0.980. The van der Waals surface area contributed by atoms with Crippen molar-refractivity contribution >= 4 is 40.1 Å². The fourth-order valence-electron chi connectivity index (χ4n) is 8.03. The molecule has 0 amide bonds. The van der Waals surface area contributed by atoms with Crippen LogP contribution in [0.5, 0.6) is 0 Å². The van der Waals surface area contributed by atoms with Gasteiger partial charge in [0.1, 0.15) is 0 Å². The van der Waals surface area contributed by atoms with Gasteiger partial charge in [0, 0.05) is 27.3 Å². The smallest absolute Gasteiger partial charge is 0.303 e. The summed E-state index contributed by atoms with van der Waals surface area (Å²) in [7, 11) is 0. The normalized spacial score (nSPS) is 49.7. The Morgan fingerprint density at radius 1 is 1.10 bits per heavy atom.